The summed E-state index contributed by atoms with van der Waals surface area (Å²) in [6.45, 7) is 4.41. The maximum absolute atomic E-state index is 12.2. The molecule has 2 heterocycles. The molecule has 0 aromatic carbocycles. The molecule has 1 N–H and O–H groups in total. The molecule has 0 amide bonds. The van der Waals surface area contributed by atoms with Gasteiger partial charge in [0, 0.05) is 11.4 Å². The van der Waals surface area contributed by atoms with Gasteiger partial charge >= 0.3 is 5.97 Å². The Bertz CT molecular complexity index is 657. The zero-order valence-corrected chi connectivity index (χ0v) is 11.1. The van der Waals surface area contributed by atoms with E-state index in [-0.39, 0.29) is 12.0 Å². The number of fused-ring (bicyclic) bond motifs is 1. The third-order valence-electron chi connectivity index (χ3n) is 2.79. The lowest BCUT2D eigenvalue weighted by atomic mass is 10.2. The minimum atomic E-state index is -0.890. The van der Waals surface area contributed by atoms with Crippen molar-refractivity contribution in [3.05, 3.63) is 27.1 Å². The van der Waals surface area contributed by atoms with Gasteiger partial charge in [0.05, 0.1) is 18.1 Å². The van der Waals surface area contributed by atoms with Crippen LogP contribution in [0.4, 0.5) is 0 Å². The maximum atomic E-state index is 12.2. The summed E-state index contributed by atoms with van der Waals surface area (Å²) in [5, 5.41) is 9.39. The van der Waals surface area contributed by atoms with E-state index in [1.54, 1.807) is 11.5 Å². The molecule has 5 nitrogen and oxygen atoms in total. The number of aromatic nitrogens is 2. The third-order valence-corrected chi connectivity index (χ3v) is 3.99. The van der Waals surface area contributed by atoms with Crippen LogP contribution in [0.25, 0.3) is 10.2 Å². The second-order valence-electron chi connectivity index (χ2n) is 4.14. The second-order valence-corrected chi connectivity index (χ2v) is 5.23. The van der Waals surface area contributed by atoms with Gasteiger partial charge in [0.25, 0.3) is 5.56 Å². The summed E-state index contributed by atoms with van der Waals surface area (Å²) in [4.78, 5) is 28.5. The van der Waals surface area contributed by atoms with Crippen LogP contribution in [0.1, 0.15) is 23.8 Å². The van der Waals surface area contributed by atoms with Gasteiger partial charge in [-0.1, -0.05) is 6.92 Å². The smallest absolute Gasteiger partial charge is 0.308 e. The van der Waals surface area contributed by atoms with E-state index in [4.69, 9.17) is 5.11 Å². The number of carbonyl (C=O) groups is 1. The molecule has 0 unspecified atom stereocenters. The molecule has 2 rings (SSSR count). The molecule has 18 heavy (non-hydrogen) atoms. The van der Waals surface area contributed by atoms with Crippen molar-refractivity contribution in [2.75, 3.05) is 0 Å². The maximum Gasteiger partial charge on any atom is 0.308 e. The molecule has 96 valence electrons. The van der Waals surface area contributed by atoms with Crippen LogP contribution in [0.15, 0.2) is 11.1 Å². The van der Waals surface area contributed by atoms with E-state index in [2.05, 4.69) is 4.98 Å². The van der Waals surface area contributed by atoms with E-state index in [0.717, 1.165) is 12.0 Å². The Labute approximate surface area is 108 Å². The predicted molar refractivity (Wildman–Crippen MR) is 70.2 cm³/mol. The van der Waals surface area contributed by atoms with E-state index in [1.165, 1.54) is 17.7 Å². The monoisotopic (exact) mass is 266 g/mol. The van der Waals surface area contributed by atoms with Gasteiger partial charge in [-0.05, 0) is 18.9 Å². The normalized spacial score (nSPS) is 11.0. The average Bonchev–Trinajstić information content (AvgIpc) is 2.60. The first-order valence-corrected chi connectivity index (χ1v) is 6.55. The van der Waals surface area contributed by atoms with Crippen LogP contribution in [0, 0.1) is 6.92 Å². The topological polar surface area (TPSA) is 72.2 Å². The molecule has 0 aliphatic carbocycles. The molecular weight excluding hydrogens is 252 g/mol. The summed E-state index contributed by atoms with van der Waals surface area (Å²) < 4.78 is 1.58. The minimum Gasteiger partial charge on any atom is -0.481 e. The van der Waals surface area contributed by atoms with E-state index >= 15 is 0 Å². The summed E-state index contributed by atoms with van der Waals surface area (Å²) in [5.41, 5.74) is 0.674. The fraction of sp³-hybridized carbons (Fsp3) is 0.417. The van der Waals surface area contributed by atoms with Crippen molar-refractivity contribution in [1.29, 1.82) is 0 Å². The number of carboxylic acid groups (broad SMARTS) is 1. The number of carboxylic acids is 1. The zero-order chi connectivity index (χ0) is 13.3. The van der Waals surface area contributed by atoms with Gasteiger partial charge in [-0.2, -0.15) is 0 Å². The van der Waals surface area contributed by atoms with Gasteiger partial charge in [-0.15, -0.1) is 11.3 Å². The molecule has 0 aliphatic rings. The first kappa shape index (κ1) is 12.8. The summed E-state index contributed by atoms with van der Waals surface area (Å²) in [6.07, 6.45) is 2.34. The number of aliphatic carboxylic acids is 1. The highest BCUT2D eigenvalue weighted by Gasteiger charge is 2.15. The van der Waals surface area contributed by atoms with Gasteiger partial charge in [-0.25, -0.2) is 4.98 Å². The largest absolute Gasteiger partial charge is 0.481 e. The SMILES string of the molecule is CCCn1cnc2sc(CC(=O)O)c(C)c2c1=O. The molecule has 0 atom stereocenters. The van der Waals surface area contributed by atoms with E-state index < -0.39 is 5.97 Å². The van der Waals surface area contributed by atoms with Gasteiger partial charge in [-0.3, -0.25) is 14.2 Å². The first-order chi connectivity index (χ1) is 8.54. The number of nitrogens with zero attached hydrogens (tertiary/aromatic N) is 2. The van der Waals surface area contributed by atoms with Crippen LogP contribution in [0.2, 0.25) is 0 Å². The second kappa shape index (κ2) is 4.89. The molecule has 0 bridgehead atoms. The molecular formula is C12H14N2O3S. The predicted octanol–water partition coefficient (Wildman–Crippen LogP) is 1.80. The quantitative estimate of drug-likeness (QED) is 0.916. The van der Waals surface area contributed by atoms with Crippen molar-refractivity contribution in [3.8, 4) is 0 Å². The van der Waals surface area contributed by atoms with Gasteiger partial charge in [0.1, 0.15) is 4.83 Å². The Hall–Kier alpha value is -1.69. The van der Waals surface area contributed by atoms with Crippen LogP contribution in [0.5, 0.6) is 0 Å². The van der Waals surface area contributed by atoms with E-state index in [9.17, 15) is 9.59 Å². The van der Waals surface area contributed by atoms with E-state index in [1.807, 2.05) is 6.92 Å². The standard InChI is InChI=1S/C12H14N2O3S/c1-3-4-14-6-13-11-10(12(14)17)7(2)8(18-11)5-9(15)16/h6H,3-5H2,1-2H3,(H,15,16). The first-order valence-electron chi connectivity index (χ1n) is 5.73. The summed E-state index contributed by atoms with van der Waals surface area (Å²) in [7, 11) is 0. The Morgan fingerprint density at radius 1 is 1.56 bits per heavy atom. The van der Waals surface area contributed by atoms with E-state index in [0.29, 0.717) is 21.6 Å². The van der Waals surface area contributed by atoms with Crippen LogP contribution in [0.3, 0.4) is 0 Å². The third kappa shape index (κ3) is 2.15. The zero-order valence-electron chi connectivity index (χ0n) is 10.3. The van der Waals surface area contributed by atoms with Crippen LogP contribution in [-0.4, -0.2) is 20.6 Å². The molecule has 2 aromatic rings. The van der Waals surface area contributed by atoms with Crippen molar-refractivity contribution in [3.63, 3.8) is 0 Å². The minimum absolute atomic E-state index is 0.0555. The molecule has 0 fully saturated rings. The average molecular weight is 266 g/mol. The lowest BCUT2D eigenvalue weighted by molar-refractivity contribution is -0.136. The number of hydrogen-bond donors (Lipinski definition) is 1. The number of hydrogen-bond acceptors (Lipinski definition) is 4. The number of rotatable bonds is 4. The number of aryl methyl sites for hydroxylation is 2. The van der Waals surface area contributed by atoms with Gasteiger partial charge in [0.2, 0.25) is 0 Å². The molecule has 0 spiro atoms. The lowest BCUT2D eigenvalue weighted by Crippen LogP contribution is -2.20. The molecule has 2 aromatic heterocycles. The molecule has 6 heteroatoms. The molecule has 0 saturated heterocycles. The van der Waals surface area contributed by atoms with Gasteiger partial charge in [0.15, 0.2) is 0 Å². The summed E-state index contributed by atoms with van der Waals surface area (Å²) in [6, 6.07) is 0. The Morgan fingerprint density at radius 2 is 2.28 bits per heavy atom. The highest BCUT2D eigenvalue weighted by atomic mass is 32.1. The molecule has 0 radical (unpaired) electrons. The van der Waals surface area contributed by atoms with Crippen LogP contribution < -0.4 is 5.56 Å². The van der Waals surface area contributed by atoms with Crippen molar-refractivity contribution in [2.45, 2.75) is 33.2 Å². The highest BCUT2D eigenvalue weighted by Crippen LogP contribution is 2.27. The lowest BCUT2D eigenvalue weighted by Gasteiger charge is -2.02. The van der Waals surface area contributed by atoms with Crippen molar-refractivity contribution >= 4 is 27.5 Å². The van der Waals surface area contributed by atoms with Crippen molar-refractivity contribution in [2.24, 2.45) is 0 Å². The van der Waals surface area contributed by atoms with Crippen LogP contribution >= 0.6 is 11.3 Å². The summed E-state index contributed by atoms with van der Waals surface area (Å²) >= 11 is 1.29. The molecule has 0 saturated carbocycles. The Balaban J connectivity index is 2.63. The Kier molecular flexibility index (Phi) is 3.47. The summed E-state index contributed by atoms with van der Waals surface area (Å²) in [5.74, 6) is -0.890. The van der Waals surface area contributed by atoms with Crippen molar-refractivity contribution < 1.29 is 9.90 Å². The number of thiophene rings is 1. The van der Waals surface area contributed by atoms with Gasteiger partial charge < -0.3 is 5.11 Å². The fourth-order valence-electron chi connectivity index (χ4n) is 1.91. The fourth-order valence-corrected chi connectivity index (χ4v) is 3.04. The Morgan fingerprint density at radius 3 is 2.89 bits per heavy atom. The van der Waals surface area contributed by atoms with Crippen molar-refractivity contribution in [1.82, 2.24) is 9.55 Å². The molecule has 0 aliphatic heterocycles. The highest BCUT2D eigenvalue weighted by molar-refractivity contribution is 7.18. The van der Waals surface area contributed by atoms with Crippen LogP contribution in [-0.2, 0) is 17.8 Å².